The first kappa shape index (κ1) is 19.2. The molecular formula is C21H22N2O3S. The first-order valence-corrected chi connectivity index (χ1v) is 10.3. The minimum absolute atomic E-state index is 0.189. The Bertz CT molecular complexity index is 1000. The highest BCUT2D eigenvalue weighted by Gasteiger charge is 2.28. The van der Waals surface area contributed by atoms with Gasteiger partial charge in [0.05, 0.1) is 4.90 Å². The number of aryl methyl sites for hydroxylation is 1. The lowest BCUT2D eigenvalue weighted by molar-refractivity contribution is 0.102. The molecule has 0 bridgehead atoms. The van der Waals surface area contributed by atoms with Gasteiger partial charge in [-0.3, -0.25) is 4.79 Å². The highest BCUT2D eigenvalue weighted by Crippen LogP contribution is 2.25. The first-order valence-electron chi connectivity index (χ1n) is 8.90. The summed E-state index contributed by atoms with van der Waals surface area (Å²) in [6, 6.07) is 11.7. The highest BCUT2D eigenvalue weighted by molar-refractivity contribution is 7.89. The number of sulfonamides is 1. The monoisotopic (exact) mass is 382 g/mol. The summed E-state index contributed by atoms with van der Waals surface area (Å²) < 4.78 is 27.5. The van der Waals surface area contributed by atoms with Crippen LogP contribution in [-0.2, 0) is 10.0 Å². The van der Waals surface area contributed by atoms with E-state index in [0.29, 0.717) is 35.5 Å². The van der Waals surface area contributed by atoms with Gasteiger partial charge in [0, 0.05) is 29.9 Å². The molecule has 27 heavy (non-hydrogen) atoms. The number of piperidine rings is 1. The van der Waals surface area contributed by atoms with E-state index in [4.69, 9.17) is 6.42 Å². The molecule has 2 aromatic rings. The van der Waals surface area contributed by atoms with Crippen LogP contribution in [0.25, 0.3) is 0 Å². The highest BCUT2D eigenvalue weighted by atomic mass is 32.2. The van der Waals surface area contributed by atoms with Crippen LogP contribution in [0.1, 0.15) is 40.7 Å². The third-order valence-corrected chi connectivity index (χ3v) is 6.71. The van der Waals surface area contributed by atoms with Gasteiger partial charge in [0.1, 0.15) is 0 Å². The SMILES string of the molecule is C#Cc1cccc(NC(=O)c2ccc(C)c(S(=O)(=O)N3CCCCC3)c2)c1. The van der Waals surface area contributed by atoms with Crippen molar-refractivity contribution in [3.8, 4) is 12.3 Å². The molecule has 1 amide bonds. The van der Waals surface area contributed by atoms with Gasteiger partial charge in [-0.05, 0) is 55.7 Å². The maximum absolute atomic E-state index is 13.0. The molecule has 0 radical (unpaired) electrons. The van der Waals surface area contributed by atoms with E-state index >= 15 is 0 Å². The summed E-state index contributed by atoms with van der Waals surface area (Å²) in [5.74, 6) is 2.14. The number of hydrogen-bond donors (Lipinski definition) is 1. The average Bonchev–Trinajstić information content (AvgIpc) is 2.69. The Morgan fingerprint density at radius 3 is 2.56 bits per heavy atom. The van der Waals surface area contributed by atoms with Crippen molar-refractivity contribution in [2.45, 2.75) is 31.1 Å². The first-order chi connectivity index (χ1) is 12.9. The number of amides is 1. The second kappa shape index (κ2) is 7.95. The molecule has 140 valence electrons. The zero-order valence-electron chi connectivity index (χ0n) is 15.2. The van der Waals surface area contributed by atoms with E-state index in [-0.39, 0.29) is 10.8 Å². The predicted octanol–water partition coefficient (Wildman–Crippen LogP) is 3.40. The predicted molar refractivity (Wildman–Crippen MR) is 106 cm³/mol. The van der Waals surface area contributed by atoms with Crippen molar-refractivity contribution in [3.63, 3.8) is 0 Å². The van der Waals surface area contributed by atoms with Crippen molar-refractivity contribution in [2.24, 2.45) is 0 Å². The quantitative estimate of drug-likeness (QED) is 0.824. The average molecular weight is 382 g/mol. The lowest BCUT2D eigenvalue weighted by atomic mass is 10.1. The van der Waals surface area contributed by atoms with E-state index in [9.17, 15) is 13.2 Å². The van der Waals surface area contributed by atoms with E-state index in [1.165, 1.54) is 10.4 Å². The van der Waals surface area contributed by atoms with E-state index in [1.54, 1.807) is 43.3 Å². The van der Waals surface area contributed by atoms with Crippen LogP contribution in [0.4, 0.5) is 5.69 Å². The van der Waals surface area contributed by atoms with Crippen LogP contribution < -0.4 is 5.32 Å². The molecule has 3 rings (SSSR count). The minimum Gasteiger partial charge on any atom is -0.322 e. The van der Waals surface area contributed by atoms with Crippen LogP contribution in [0.2, 0.25) is 0 Å². The van der Waals surface area contributed by atoms with Crippen molar-refractivity contribution in [2.75, 3.05) is 18.4 Å². The van der Waals surface area contributed by atoms with Crippen LogP contribution in [-0.4, -0.2) is 31.7 Å². The van der Waals surface area contributed by atoms with Gasteiger partial charge in [0.15, 0.2) is 0 Å². The molecule has 1 fully saturated rings. The summed E-state index contributed by atoms with van der Waals surface area (Å²) in [7, 11) is -3.61. The van der Waals surface area contributed by atoms with E-state index in [2.05, 4.69) is 11.2 Å². The van der Waals surface area contributed by atoms with Gasteiger partial charge in [-0.2, -0.15) is 4.31 Å². The van der Waals surface area contributed by atoms with Crippen molar-refractivity contribution >= 4 is 21.6 Å². The van der Waals surface area contributed by atoms with E-state index in [0.717, 1.165) is 19.3 Å². The molecule has 1 aliphatic heterocycles. The van der Waals surface area contributed by atoms with Crippen molar-refractivity contribution in [1.82, 2.24) is 4.31 Å². The molecule has 0 aromatic heterocycles. The van der Waals surface area contributed by atoms with Crippen LogP contribution in [0.3, 0.4) is 0 Å². The number of terminal acetylenes is 1. The molecule has 2 aromatic carbocycles. The van der Waals surface area contributed by atoms with Crippen LogP contribution in [0.15, 0.2) is 47.4 Å². The lowest BCUT2D eigenvalue weighted by Gasteiger charge is -2.26. The Labute approximate surface area is 160 Å². The molecule has 1 aliphatic rings. The van der Waals surface area contributed by atoms with Gasteiger partial charge in [0.2, 0.25) is 10.0 Å². The third-order valence-electron chi connectivity index (χ3n) is 4.67. The normalized spacial score (nSPS) is 15.1. The molecule has 0 aliphatic carbocycles. The Kier molecular flexibility index (Phi) is 5.64. The summed E-state index contributed by atoms with van der Waals surface area (Å²) in [5, 5.41) is 2.77. The van der Waals surface area contributed by atoms with Gasteiger partial charge in [-0.1, -0.05) is 24.5 Å². The summed E-state index contributed by atoms with van der Waals surface area (Å²) in [5.41, 5.74) is 2.15. The van der Waals surface area contributed by atoms with Crippen molar-refractivity contribution in [1.29, 1.82) is 0 Å². The van der Waals surface area contributed by atoms with Crippen molar-refractivity contribution in [3.05, 3.63) is 59.2 Å². The van der Waals surface area contributed by atoms with Gasteiger partial charge in [-0.15, -0.1) is 6.42 Å². The number of carbonyl (C=O) groups is 1. The molecule has 6 heteroatoms. The van der Waals surface area contributed by atoms with Crippen molar-refractivity contribution < 1.29 is 13.2 Å². The smallest absolute Gasteiger partial charge is 0.255 e. The maximum Gasteiger partial charge on any atom is 0.255 e. The molecule has 0 saturated carbocycles. The second-order valence-corrected chi connectivity index (χ2v) is 8.53. The zero-order chi connectivity index (χ0) is 19.4. The van der Waals surface area contributed by atoms with Crippen LogP contribution >= 0.6 is 0 Å². The topological polar surface area (TPSA) is 66.5 Å². The molecule has 0 spiro atoms. The number of rotatable bonds is 4. The minimum atomic E-state index is -3.61. The number of hydrogen-bond acceptors (Lipinski definition) is 3. The molecule has 0 unspecified atom stereocenters. The molecule has 5 nitrogen and oxygen atoms in total. The summed E-state index contributed by atoms with van der Waals surface area (Å²) in [6.07, 6.45) is 8.16. The maximum atomic E-state index is 13.0. The molecular weight excluding hydrogens is 360 g/mol. The fourth-order valence-corrected chi connectivity index (χ4v) is 4.92. The Morgan fingerprint density at radius 1 is 1.11 bits per heavy atom. The van der Waals surface area contributed by atoms with Gasteiger partial charge >= 0.3 is 0 Å². The Balaban J connectivity index is 1.88. The number of benzene rings is 2. The molecule has 1 N–H and O–H groups in total. The number of anilines is 1. The summed E-state index contributed by atoms with van der Waals surface area (Å²) >= 11 is 0. The van der Waals surface area contributed by atoms with Gasteiger partial charge in [-0.25, -0.2) is 8.42 Å². The molecule has 1 saturated heterocycles. The Morgan fingerprint density at radius 2 is 1.85 bits per heavy atom. The lowest BCUT2D eigenvalue weighted by Crippen LogP contribution is -2.36. The largest absolute Gasteiger partial charge is 0.322 e. The zero-order valence-corrected chi connectivity index (χ0v) is 16.1. The van der Waals surface area contributed by atoms with Gasteiger partial charge in [0.25, 0.3) is 5.91 Å². The molecule has 1 heterocycles. The summed E-state index contributed by atoms with van der Waals surface area (Å²) in [4.78, 5) is 12.8. The van der Waals surface area contributed by atoms with Crippen LogP contribution in [0, 0.1) is 19.3 Å². The fourth-order valence-electron chi connectivity index (χ4n) is 3.15. The number of nitrogens with one attached hydrogen (secondary N) is 1. The Hall–Kier alpha value is -2.62. The number of carbonyl (C=O) groups excluding carboxylic acids is 1. The second-order valence-electron chi connectivity index (χ2n) is 6.62. The van der Waals surface area contributed by atoms with Crippen LogP contribution in [0.5, 0.6) is 0 Å². The third kappa shape index (κ3) is 4.21. The summed E-state index contributed by atoms with van der Waals surface area (Å²) in [6.45, 7) is 2.79. The standard InChI is InChI=1S/C21H22N2O3S/c1-3-17-8-7-9-19(14-17)22-21(24)18-11-10-16(2)20(15-18)27(25,26)23-12-5-4-6-13-23/h1,7-11,14-15H,4-6,12-13H2,2H3,(H,22,24). The molecule has 0 atom stereocenters. The van der Waals surface area contributed by atoms with Gasteiger partial charge < -0.3 is 5.32 Å². The van der Waals surface area contributed by atoms with E-state index in [1.807, 2.05) is 0 Å². The fraction of sp³-hybridized carbons (Fsp3) is 0.286. The van der Waals surface area contributed by atoms with E-state index < -0.39 is 10.0 Å². The number of nitrogens with zero attached hydrogens (tertiary/aromatic N) is 1.